The topological polar surface area (TPSA) is 138 Å². The number of aliphatic hydroxyl groups excluding tert-OH is 1. The molecule has 0 spiro atoms. The maximum atomic E-state index is 12.2. The number of benzene rings is 2. The highest BCUT2D eigenvalue weighted by Gasteiger charge is 2.21. The van der Waals surface area contributed by atoms with Crippen LogP contribution >= 0.6 is 0 Å². The summed E-state index contributed by atoms with van der Waals surface area (Å²) in [5.41, 5.74) is 0.129. The van der Waals surface area contributed by atoms with Crippen molar-refractivity contribution in [1.29, 1.82) is 0 Å². The first-order valence-electron chi connectivity index (χ1n) is 8.36. The van der Waals surface area contributed by atoms with Crippen LogP contribution in [0, 0.1) is 0 Å². The molecule has 0 aromatic heterocycles. The zero-order valence-electron chi connectivity index (χ0n) is 15.0. The molecule has 0 aliphatic heterocycles. The summed E-state index contributed by atoms with van der Waals surface area (Å²) < 4.78 is 4.89. The van der Waals surface area contributed by atoms with Crippen molar-refractivity contribution in [2.45, 2.75) is 13.3 Å². The van der Waals surface area contributed by atoms with Gasteiger partial charge in [0.05, 0.1) is 29.9 Å². The van der Waals surface area contributed by atoms with Gasteiger partial charge in [-0.25, -0.2) is 14.4 Å². The molecule has 2 aromatic rings. The molecule has 0 saturated carbocycles. The zero-order valence-corrected chi connectivity index (χ0v) is 15.0. The van der Waals surface area contributed by atoms with E-state index in [2.05, 4.69) is 0 Å². The van der Waals surface area contributed by atoms with Crippen LogP contribution in [0.5, 0.6) is 0 Å². The minimum absolute atomic E-state index is 0.0647. The first kappa shape index (κ1) is 20.8. The lowest BCUT2D eigenvalue weighted by atomic mass is 9.94. The largest absolute Gasteiger partial charge is 0.478 e. The van der Waals surface area contributed by atoms with E-state index in [1.54, 1.807) is 6.92 Å². The van der Waals surface area contributed by atoms with Gasteiger partial charge >= 0.3 is 17.9 Å². The minimum Gasteiger partial charge on any atom is -0.478 e. The molecule has 0 saturated heterocycles. The Morgan fingerprint density at radius 2 is 1.32 bits per heavy atom. The summed E-state index contributed by atoms with van der Waals surface area (Å²) in [5.74, 6) is -3.94. The lowest BCUT2D eigenvalue weighted by molar-refractivity contribution is 0.0514. The van der Waals surface area contributed by atoms with Gasteiger partial charge in [-0.1, -0.05) is 12.1 Å². The number of esters is 1. The Balaban J connectivity index is 2.61. The van der Waals surface area contributed by atoms with E-state index in [1.807, 2.05) is 0 Å². The normalized spacial score (nSPS) is 10.4. The number of carboxylic acid groups (broad SMARTS) is 2. The fourth-order valence-corrected chi connectivity index (χ4v) is 2.67. The quantitative estimate of drug-likeness (QED) is 0.465. The maximum Gasteiger partial charge on any atom is 0.339 e. The molecule has 0 aliphatic rings. The van der Waals surface area contributed by atoms with Crippen molar-refractivity contribution < 1.29 is 39.2 Å². The second kappa shape index (κ2) is 8.92. The number of hydrogen-bond donors (Lipinski definition) is 3. The summed E-state index contributed by atoms with van der Waals surface area (Å²) in [5, 5.41) is 27.5. The summed E-state index contributed by atoms with van der Waals surface area (Å²) in [7, 11) is 0. The Bertz CT molecular complexity index is 868. The molecule has 0 amide bonds. The highest BCUT2D eigenvalue weighted by molar-refractivity contribution is 6.07. The molecule has 0 atom stereocenters. The zero-order chi connectivity index (χ0) is 20.8. The summed E-state index contributed by atoms with van der Waals surface area (Å²) in [6, 6.07) is 8.04. The van der Waals surface area contributed by atoms with Crippen LogP contribution in [0.15, 0.2) is 36.4 Å². The van der Waals surface area contributed by atoms with Gasteiger partial charge in [-0.3, -0.25) is 4.79 Å². The lowest BCUT2D eigenvalue weighted by Crippen LogP contribution is -2.12. The Morgan fingerprint density at radius 3 is 1.79 bits per heavy atom. The molecule has 8 nitrogen and oxygen atoms in total. The smallest absolute Gasteiger partial charge is 0.339 e. The summed E-state index contributed by atoms with van der Waals surface area (Å²) in [6.07, 6.45) is -0.240. The second-order valence-corrected chi connectivity index (χ2v) is 5.75. The van der Waals surface area contributed by atoms with Crippen LogP contribution in [0.2, 0.25) is 0 Å². The van der Waals surface area contributed by atoms with Crippen molar-refractivity contribution in [3.05, 3.63) is 58.7 Å². The first-order valence-corrected chi connectivity index (χ1v) is 8.36. The first-order chi connectivity index (χ1) is 13.3. The molecule has 28 heavy (non-hydrogen) atoms. The average molecular weight is 386 g/mol. The minimum atomic E-state index is -1.30. The van der Waals surface area contributed by atoms with Gasteiger partial charge in [0.25, 0.3) is 0 Å². The van der Waals surface area contributed by atoms with Crippen LogP contribution in [-0.4, -0.2) is 52.2 Å². The van der Waals surface area contributed by atoms with Crippen LogP contribution in [0.1, 0.15) is 54.8 Å². The third-order valence-corrected chi connectivity index (χ3v) is 3.97. The Kier molecular flexibility index (Phi) is 6.62. The third kappa shape index (κ3) is 4.41. The fraction of sp³-hybridized carbons (Fsp3) is 0.200. The Hall–Kier alpha value is -3.52. The SMILES string of the molecule is CCOC(=O)c1cc(-c2ccc(C(=O)O)c(C(=O)CCO)c2)ccc1C(=O)O. The van der Waals surface area contributed by atoms with Crippen LogP contribution < -0.4 is 0 Å². The molecule has 2 rings (SSSR count). The molecule has 0 fully saturated rings. The van der Waals surface area contributed by atoms with Gasteiger partial charge in [0.2, 0.25) is 0 Å². The molecule has 146 valence electrons. The number of ether oxygens (including phenoxy) is 1. The van der Waals surface area contributed by atoms with Crippen molar-refractivity contribution in [1.82, 2.24) is 0 Å². The van der Waals surface area contributed by atoms with E-state index in [0.29, 0.717) is 11.1 Å². The molecule has 0 radical (unpaired) electrons. The van der Waals surface area contributed by atoms with Crippen LogP contribution in [-0.2, 0) is 4.74 Å². The van der Waals surface area contributed by atoms with Crippen molar-refractivity contribution in [3.8, 4) is 11.1 Å². The number of aromatic carboxylic acids is 2. The van der Waals surface area contributed by atoms with Crippen LogP contribution in [0.4, 0.5) is 0 Å². The molecule has 2 aromatic carbocycles. The van der Waals surface area contributed by atoms with E-state index in [-0.39, 0.29) is 35.3 Å². The van der Waals surface area contributed by atoms with E-state index >= 15 is 0 Å². The van der Waals surface area contributed by atoms with E-state index < -0.39 is 30.3 Å². The van der Waals surface area contributed by atoms with Gasteiger partial charge in [0.15, 0.2) is 5.78 Å². The van der Waals surface area contributed by atoms with E-state index in [9.17, 15) is 29.4 Å². The van der Waals surface area contributed by atoms with Gasteiger partial charge in [-0.15, -0.1) is 0 Å². The summed E-state index contributed by atoms with van der Waals surface area (Å²) >= 11 is 0. The monoisotopic (exact) mass is 386 g/mol. The van der Waals surface area contributed by atoms with E-state index in [4.69, 9.17) is 9.84 Å². The van der Waals surface area contributed by atoms with Crippen LogP contribution in [0.25, 0.3) is 11.1 Å². The van der Waals surface area contributed by atoms with Crippen molar-refractivity contribution >= 4 is 23.7 Å². The lowest BCUT2D eigenvalue weighted by Gasteiger charge is -2.11. The molecular weight excluding hydrogens is 368 g/mol. The molecule has 0 heterocycles. The second-order valence-electron chi connectivity index (χ2n) is 5.75. The maximum absolute atomic E-state index is 12.2. The Morgan fingerprint density at radius 1 is 0.821 bits per heavy atom. The van der Waals surface area contributed by atoms with Gasteiger partial charge in [0, 0.05) is 12.0 Å². The van der Waals surface area contributed by atoms with Crippen molar-refractivity contribution in [2.24, 2.45) is 0 Å². The summed E-state index contributed by atoms with van der Waals surface area (Å²) in [6.45, 7) is 1.23. The highest BCUT2D eigenvalue weighted by atomic mass is 16.5. The number of hydrogen-bond acceptors (Lipinski definition) is 6. The van der Waals surface area contributed by atoms with Gasteiger partial charge in [-0.05, 0) is 42.3 Å². The van der Waals surface area contributed by atoms with E-state index in [1.165, 1.54) is 36.4 Å². The van der Waals surface area contributed by atoms with Crippen molar-refractivity contribution in [2.75, 3.05) is 13.2 Å². The number of ketones is 1. The standard InChI is InChI=1S/C20H18O8/c1-2-28-20(27)16-10-12(4-6-14(16)19(25)26)11-3-5-13(18(23)24)15(9-11)17(22)7-8-21/h3-6,9-10,21H,2,7-8H2,1H3,(H,23,24)(H,25,26). The van der Waals surface area contributed by atoms with E-state index in [0.717, 1.165) is 0 Å². The van der Waals surface area contributed by atoms with Crippen molar-refractivity contribution in [3.63, 3.8) is 0 Å². The van der Waals surface area contributed by atoms with Gasteiger partial charge in [-0.2, -0.15) is 0 Å². The number of aliphatic hydroxyl groups is 1. The predicted molar refractivity (Wildman–Crippen MR) is 97.8 cm³/mol. The number of Topliss-reactive ketones (excluding diaryl/α,β-unsaturated/α-hetero) is 1. The number of carbonyl (C=O) groups excluding carboxylic acids is 2. The number of carboxylic acids is 2. The fourth-order valence-electron chi connectivity index (χ4n) is 2.67. The van der Waals surface area contributed by atoms with Crippen LogP contribution in [0.3, 0.4) is 0 Å². The third-order valence-electron chi connectivity index (χ3n) is 3.97. The average Bonchev–Trinajstić information content (AvgIpc) is 2.67. The van der Waals surface area contributed by atoms with Gasteiger partial charge in [0.1, 0.15) is 0 Å². The number of rotatable bonds is 8. The summed E-state index contributed by atoms with van der Waals surface area (Å²) in [4.78, 5) is 47.0. The predicted octanol–water partition coefficient (Wildman–Crippen LogP) is 2.49. The number of carbonyl (C=O) groups is 4. The molecule has 8 heteroatoms. The molecule has 0 unspecified atom stereocenters. The highest BCUT2D eigenvalue weighted by Crippen LogP contribution is 2.26. The molecular formula is C20H18O8. The molecule has 3 N–H and O–H groups in total. The molecule has 0 aliphatic carbocycles. The Labute approximate surface area is 160 Å². The molecule has 0 bridgehead atoms. The van der Waals surface area contributed by atoms with Gasteiger partial charge < -0.3 is 20.1 Å².